The van der Waals surface area contributed by atoms with Crippen molar-refractivity contribution in [2.45, 2.75) is 32.8 Å². The van der Waals surface area contributed by atoms with Gasteiger partial charge in [0.2, 0.25) is 0 Å². The van der Waals surface area contributed by atoms with E-state index in [1.807, 2.05) is 7.05 Å². The zero-order valence-electron chi connectivity index (χ0n) is 11.9. The Labute approximate surface area is 114 Å². The number of hydrogen-bond acceptors (Lipinski definition) is 3. The highest BCUT2D eigenvalue weighted by Gasteiger charge is 2.08. The summed E-state index contributed by atoms with van der Waals surface area (Å²) in [5, 5.41) is 4.42. The van der Waals surface area contributed by atoms with Crippen LogP contribution in [0.2, 0.25) is 0 Å². The van der Waals surface area contributed by atoms with Crippen LogP contribution in [-0.2, 0) is 24.8 Å². The van der Waals surface area contributed by atoms with Crippen LogP contribution in [0.3, 0.4) is 0 Å². The first-order valence-corrected chi connectivity index (χ1v) is 6.72. The second-order valence-corrected chi connectivity index (χ2v) is 4.71. The highest BCUT2D eigenvalue weighted by molar-refractivity contribution is 5.55. The summed E-state index contributed by atoms with van der Waals surface area (Å²) in [7, 11) is 3.55. The van der Waals surface area contributed by atoms with Crippen LogP contribution in [0.15, 0.2) is 24.3 Å². The first kappa shape index (κ1) is 13.7. The molecule has 4 nitrogen and oxygen atoms in total. The summed E-state index contributed by atoms with van der Waals surface area (Å²) < 4.78 is 6.87. The summed E-state index contributed by atoms with van der Waals surface area (Å²) >= 11 is 0. The molecule has 0 atom stereocenters. The van der Waals surface area contributed by atoms with Crippen molar-refractivity contribution in [2.24, 2.45) is 7.05 Å². The van der Waals surface area contributed by atoms with Crippen molar-refractivity contribution in [1.82, 2.24) is 14.8 Å². The first-order valence-electron chi connectivity index (χ1n) is 6.72. The Bertz CT molecular complexity index is 517. The third-order valence-electron chi connectivity index (χ3n) is 3.16. The Balaban J connectivity index is 2.15. The van der Waals surface area contributed by atoms with Crippen molar-refractivity contribution in [1.29, 1.82) is 0 Å². The van der Waals surface area contributed by atoms with Gasteiger partial charge in [-0.3, -0.25) is 4.68 Å². The molecule has 102 valence electrons. The molecule has 0 N–H and O–H groups in total. The molecule has 1 aromatic heterocycles. The maximum Gasteiger partial charge on any atom is 0.181 e. The zero-order chi connectivity index (χ0) is 13.7. The van der Waals surface area contributed by atoms with Crippen LogP contribution in [0.4, 0.5) is 0 Å². The van der Waals surface area contributed by atoms with Gasteiger partial charge >= 0.3 is 0 Å². The van der Waals surface area contributed by atoms with Crippen LogP contribution in [0.5, 0.6) is 0 Å². The second-order valence-electron chi connectivity index (χ2n) is 4.71. The minimum absolute atomic E-state index is 0.484. The van der Waals surface area contributed by atoms with Gasteiger partial charge < -0.3 is 4.74 Å². The number of rotatable bonds is 6. The van der Waals surface area contributed by atoms with Crippen molar-refractivity contribution in [3.63, 3.8) is 0 Å². The van der Waals surface area contributed by atoms with Crippen molar-refractivity contribution in [2.75, 3.05) is 7.11 Å². The number of hydrogen-bond donors (Lipinski definition) is 0. The Morgan fingerprint density at radius 1 is 1.21 bits per heavy atom. The second kappa shape index (κ2) is 6.48. The predicted octanol–water partition coefficient (Wildman–Crippen LogP) is 2.97. The van der Waals surface area contributed by atoms with Gasteiger partial charge in [0.25, 0.3) is 0 Å². The van der Waals surface area contributed by atoms with Crippen molar-refractivity contribution in [3.8, 4) is 11.4 Å². The maximum absolute atomic E-state index is 5.10. The van der Waals surface area contributed by atoms with E-state index in [1.54, 1.807) is 11.8 Å². The van der Waals surface area contributed by atoms with E-state index in [4.69, 9.17) is 4.74 Å². The molecule has 0 fully saturated rings. The number of ether oxygens (including phenoxy) is 1. The molecule has 2 rings (SSSR count). The Hall–Kier alpha value is -1.68. The predicted molar refractivity (Wildman–Crippen MR) is 75.8 cm³/mol. The maximum atomic E-state index is 5.10. The lowest BCUT2D eigenvalue weighted by Gasteiger charge is -2.00. The molecule has 0 saturated carbocycles. The molecule has 0 saturated heterocycles. The highest BCUT2D eigenvalue weighted by atomic mass is 16.5. The molecule has 2 aromatic rings. The summed E-state index contributed by atoms with van der Waals surface area (Å²) in [6.45, 7) is 2.70. The molecule has 0 aliphatic carbocycles. The average molecular weight is 259 g/mol. The molecule has 0 spiro atoms. The lowest BCUT2D eigenvalue weighted by molar-refractivity contribution is 0.174. The standard InChI is InChI=1S/C15H21N3O/c1-4-5-6-12-7-9-13(10-8-12)15-16-14(11-19-3)18(2)17-15/h7-10H,4-6,11H2,1-3H3. The van der Waals surface area contributed by atoms with E-state index in [0.29, 0.717) is 6.61 Å². The van der Waals surface area contributed by atoms with Crippen molar-refractivity contribution < 1.29 is 4.74 Å². The smallest absolute Gasteiger partial charge is 0.181 e. The average Bonchev–Trinajstić information content (AvgIpc) is 2.79. The molecule has 19 heavy (non-hydrogen) atoms. The summed E-state index contributed by atoms with van der Waals surface area (Å²) in [6, 6.07) is 8.52. The lowest BCUT2D eigenvalue weighted by atomic mass is 10.1. The first-order chi connectivity index (χ1) is 9.24. The lowest BCUT2D eigenvalue weighted by Crippen LogP contribution is -2.00. The van der Waals surface area contributed by atoms with Gasteiger partial charge in [-0.15, -0.1) is 0 Å². The Kier molecular flexibility index (Phi) is 4.68. The molecule has 0 amide bonds. The molecule has 1 heterocycles. The van der Waals surface area contributed by atoms with Crippen LogP contribution in [-0.4, -0.2) is 21.9 Å². The third-order valence-corrected chi connectivity index (χ3v) is 3.16. The van der Waals surface area contributed by atoms with Gasteiger partial charge in [-0.25, -0.2) is 4.98 Å². The van der Waals surface area contributed by atoms with Gasteiger partial charge in [-0.1, -0.05) is 37.6 Å². The van der Waals surface area contributed by atoms with Crippen LogP contribution in [0, 0.1) is 0 Å². The molecular weight excluding hydrogens is 238 g/mol. The number of nitrogens with zero attached hydrogens (tertiary/aromatic N) is 3. The number of aryl methyl sites for hydroxylation is 2. The molecule has 0 aliphatic heterocycles. The van der Waals surface area contributed by atoms with Crippen LogP contribution in [0.25, 0.3) is 11.4 Å². The van der Waals surface area contributed by atoms with Crippen LogP contribution in [0.1, 0.15) is 31.2 Å². The highest BCUT2D eigenvalue weighted by Crippen LogP contribution is 2.17. The summed E-state index contributed by atoms with van der Waals surface area (Å²) in [5.41, 5.74) is 2.43. The fourth-order valence-electron chi connectivity index (χ4n) is 2.00. The van der Waals surface area contributed by atoms with E-state index in [-0.39, 0.29) is 0 Å². The number of aromatic nitrogens is 3. The Morgan fingerprint density at radius 2 is 1.95 bits per heavy atom. The van der Waals surface area contributed by atoms with E-state index in [2.05, 4.69) is 41.3 Å². The van der Waals surface area contributed by atoms with Gasteiger partial charge in [-0.2, -0.15) is 5.10 Å². The normalized spacial score (nSPS) is 10.9. The largest absolute Gasteiger partial charge is 0.377 e. The molecule has 1 aromatic carbocycles. The van der Waals surface area contributed by atoms with E-state index in [0.717, 1.165) is 23.6 Å². The SMILES string of the molecule is CCCCc1ccc(-c2nc(COC)n(C)n2)cc1. The van der Waals surface area contributed by atoms with Gasteiger partial charge in [0.05, 0.1) is 0 Å². The van der Waals surface area contributed by atoms with Crippen LogP contribution < -0.4 is 0 Å². The summed E-state index contributed by atoms with van der Waals surface area (Å²) in [4.78, 5) is 4.49. The quantitative estimate of drug-likeness (QED) is 0.800. The summed E-state index contributed by atoms with van der Waals surface area (Å²) in [5.74, 6) is 1.60. The monoisotopic (exact) mass is 259 g/mol. The summed E-state index contributed by atoms with van der Waals surface area (Å²) in [6.07, 6.45) is 3.60. The molecule has 0 bridgehead atoms. The van der Waals surface area contributed by atoms with Crippen molar-refractivity contribution >= 4 is 0 Å². The molecule has 0 radical (unpaired) electrons. The third kappa shape index (κ3) is 3.41. The van der Waals surface area contributed by atoms with Gasteiger partial charge in [-0.05, 0) is 18.4 Å². The van der Waals surface area contributed by atoms with Gasteiger partial charge in [0.1, 0.15) is 6.61 Å². The Morgan fingerprint density at radius 3 is 2.58 bits per heavy atom. The number of methoxy groups -OCH3 is 1. The fourth-order valence-corrected chi connectivity index (χ4v) is 2.00. The molecule has 4 heteroatoms. The van der Waals surface area contributed by atoms with Crippen LogP contribution >= 0.6 is 0 Å². The fraction of sp³-hybridized carbons (Fsp3) is 0.467. The molecule has 0 unspecified atom stereocenters. The van der Waals surface area contributed by atoms with E-state index in [1.165, 1.54) is 18.4 Å². The van der Waals surface area contributed by atoms with E-state index < -0.39 is 0 Å². The van der Waals surface area contributed by atoms with Gasteiger partial charge in [0.15, 0.2) is 11.6 Å². The zero-order valence-corrected chi connectivity index (χ0v) is 11.9. The topological polar surface area (TPSA) is 39.9 Å². The van der Waals surface area contributed by atoms with E-state index in [9.17, 15) is 0 Å². The number of benzene rings is 1. The minimum Gasteiger partial charge on any atom is -0.377 e. The molecular formula is C15H21N3O. The van der Waals surface area contributed by atoms with E-state index >= 15 is 0 Å². The van der Waals surface area contributed by atoms with Gasteiger partial charge in [0, 0.05) is 19.7 Å². The minimum atomic E-state index is 0.484. The number of unbranched alkanes of at least 4 members (excludes halogenated alkanes) is 1. The molecule has 0 aliphatic rings. The van der Waals surface area contributed by atoms with Crippen molar-refractivity contribution in [3.05, 3.63) is 35.7 Å².